The van der Waals surface area contributed by atoms with E-state index in [4.69, 9.17) is 18.0 Å². The SMILES string of the molecule is Cc1ccc(C)c(NS(=O)(=O)c2ccc(C(N)=S)nc2)c1. The predicted molar refractivity (Wildman–Crippen MR) is 86.8 cm³/mol. The van der Waals surface area contributed by atoms with E-state index in [1.165, 1.54) is 18.3 Å². The van der Waals surface area contributed by atoms with E-state index < -0.39 is 10.0 Å². The highest BCUT2D eigenvalue weighted by Crippen LogP contribution is 2.20. The summed E-state index contributed by atoms with van der Waals surface area (Å²) < 4.78 is 27.2. The first-order valence-corrected chi connectivity index (χ1v) is 8.04. The third-order valence-electron chi connectivity index (χ3n) is 2.94. The molecule has 5 nitrogen and oxygen atoms in total. The Morgan fingerprint density at radius 1 is 1.24 bits per heavy atom. The van der Waals surface area contributed by atoms with Gasteiger partial charge < -0.3 is 5.73 Å². The highest BCUT2D eigenvalue weighted by molar-refractivity contribution is 7.92. The Morgan fingerprint density at radius 3 is 2.52 bits per heavy atom. The van der Waals surface area contributed by atoms with E-state index in [9.17, 15) is 8.42 Å². The molecule has 3 N–H and O–H groups in total. The number of hydrogen-bond donors (Lipinski definition) is 2. The van der Waals surface area contributed by atoms with Crippen LogP contribution in [0.15, 0.2) is 41.4 Å². The summed E-state index contributed by atoms with van der Waals surface area (Å²) in [4.78, 5) is 4.13. The zero-order valence-corrected chi connectivity index (χ0v) is 13.3. The van der Waals surface area contributed by atoms with E-state index in [0.29, 0.717) is 11.4 Å². The van der Waals surface area contributed by atoms with Crippen molar-refractivity contribution < 1.29 is 8.42 Å². The highest BCUT2D eigenvalue weighted by Gasteiger charge is 2.16. The van der Waals surface area contributed by atoms with Crippen molar-refractivity contribution in [3.05, 3.63) is 53.3 Å². The van der Waals surface area contributed by atoms with Gasteiger partial charge in [0.15, 0.2) is 0 Å². The van der Waals surface area contributed by atoms with Crippen molar-refractivity contribution in [2.45, 2.75) is 18.7 Å². The van der Waals surface area contributed by atoms with Gasteiger partial charge in [-0.05, 0) is 43.2 Å². The van der Waals surface area contributed by atoms with Crippen molar-refractivity contribution in [1.29, 1.82) is 0 Å². The summed E-state index contributed by atoms with van der Waals surface area (Å²) in [5, 5.41) is 0. The minimum Gasteiger partial charge on any atom is -0.388 e. The van der Waals surface area contributed by atoms with Gasteiger partial charge in [-0.2, -0.15) is 0 Å². The van der Waals surface area contributed by atoms with Crippen LogP contribution in [0.4, 0.5) is 5.69 Å². The second kappa shape index (κ2) is 5.79. The molecule has 7 heteroatoms. The summed E-state index contributed by atoms with van der Waals surface area (Å²) >= 11 is 4.79. The number of nitrogens with two attached hydrogens (primary N) is 1. The van der Waals surface area contributed by atoms with E-state index in [2.05, 4.69) is 9.71 Å². The second-order valence-electron chi connectivity index (χ2n) is 4.67. The van der Waals surface area contributed by atoms with Crippen LogP contribution in [-0.4, -0.2) is 18.4 Å². The zero-order valence-electron chi connectivity index (χ0n) is 11.6. The number of hydrogen-bond acceptors (Lipinski definition) is 4. The number of pyridine rings is 1. The Hall–Kier alpha value is -1.99. The lowest BCUT2D eigenvalue weighted by molar-refractivity contribution is 0.600. The van der Waals surface area contributed by atoms with Crippen LogP contribution in [-0.2, 0) is 10.0 Å². The van der Waals surface area contributed by atoms with Gasteiger partial charge in [0.25, 0.3) is 10.0 Å². The average Bonchev–Trinajstić information content (AvgIpc) is 2.43. The Kier molecular flexibility index (Phi) is 4.24. The molecule has 0 radical (unpaired) electrons. The third-order valence-corrected chi connectivity index (χ3v) is 4.50. The maximum absolute atomic E-state index is 12.3. The van der Waals surface area contributed by atoms with Gasteiger partial charge in [-0.1, -0.05) is 24.4 Å². The lowest BCUT2D eigenvalue weighted by Gasteiger charge is -2.11. The number of sulfonamides is 1. The van der Waals surface area contributed by atoms with E-state index >= 15 is 0 Å². The van der Waals surface area contributed by atoms with E-state index in [-0.39, 0.29) is 9.88 Å². The van der Waals surface area contributed by atoms with Crippen molar-refractivity contribution in [3.8, 4) is 0 Å². The monoisotopic (exact) mass is 321 g/mol. The van der Waals surface area contributed by atoms with Gasteiger partial charge in [0.1, 0.15) is 9.88 Å². The Bertz CT molecular complexity index is 784. The Balaban J connectivity index is 2.34. The van der Waals surface area contributed by atoms with Gasteiger partial charge in [0.2, 0.25) is 0 Å². The number of thiocarbonyl (C=S) groups is 1. The fourth-order valence-corrected chi connectivity index (χ4v) is 2.92. The van der Waals surface area contributed by atoms with Gasteiger partial charge in [0, 0.05) is 6.20 Å². The topological polar surface area (TPSA) is 85.1 Å². The summed E-state index contributed by atoms with van der Waals surface area (Å²) in [5.74, 6) is 0. The number of nitrogens with one attached hydrogen (secondary N) is 1. The summed E-state index contributed by atoms with van der Waals surface area (Å²) in [5.41, 5.74) is 8.19. The summed E-state index contributed by atoms with van der Waals surface area (Å²) in [6, 6.07) is 8.48. The molecular weight excluding hydrogens is 306 g/mol. The molecule has 21 heavy (non-hydrogen) atoms. The summed E-state index contributed by atoms with van der Waals surface area (Å²) in [6.45, 7) is 3.74. The Morgan fingerprint density at radius 2 is 1.95 bits per heavy atom. The van der Waals surface area contributed by atoms with Crippen LogP contribution >= 0.6 is 12.2 Å². The summed E-state index contributed by atoms with van der Waals surface area (Å²) in [7, 11) is -3.69. The predicted octanol–water partition coefficient (Wildman–Crippen LogP) is 2.13. The number of benzene rings is 1. The molecule has 2 rings (SSSR count). The maximum atomic E-state index is 12.3. The molecule has 0 amide bonds. The second-order valence-corrected chi connectivity index (χ2v) is 6.79. The fourth-order valence-electron chi connectivity index (χ4n) is 1.73. The smallest absolute Gasteiger partial charge is 0.263 e. The van der Waals surface area contributed by atoms with Crippen LogP contribution in [0.1, 0.15) is 16.8 Å². The molecule has 0 aliphatic carbocycles. The average molecular weight is 321 g/mol. The minimum atomic E-state index is -3.69. The molecule has 1 aromatic heterocycles. The molecule has 0 saturated carbocycles. The standard InChI is InChI=1S/C14H15N3O2S2/c1-9-3-4-10(2)13(7-9)17-21(18,19)11-5-6-12(14(15)20)16-8-11/h3-8,17H,1-2H3,(H2,15,20). The first-order chi connectivity index (χ1) is 9.79. The highest BCUT2D eigenvalue weighted by atomic mass is 32.2. The van der Waals surface area contributed by atoms with Crippen LogP contribution in [0.3, 0.4) is 0 Å². The molecule has 2 aromatic rings. The quantitative estimate of drug-likeness (QED) is 0.843. The van der Waals surface area contributed by atoms with Gasteiger partial charge in [-0.3, -0.25) is 9.71 Å². The number of nitrogens with zero attached hydrogens (tertiary/aromatic N) is 1. The maximum Gasteiger partial charge on any atom is 0.263 e. The molecule has 0 spiro atoms. The van der Waals surface area contributed by atoms with Crippen LogP contribution in [0.2, 0.25) is 0 Å². The normalized spacial score (nSPS) is 11.1. The molecule has 0 saturated heterocycles. The molecule has 1 aromatic carbocycles. The van der Waals surface area contributed by atoms with Crippen LogP contribution in [0, 0.1) is 13.8 Å². The molecular formula is C14H15N3O2S2. The largest absolute Gasteiger partial charge is 0.388 e. The summed E-state index contributed by atoms with van der Waals surface area (Å²) in [6.07, 6.45) is 1.24. The van der Waals surface area contributed by atoms with Crippen LogP contribution in [0.5, 0.6) is 0 Å². The first-order valence-electron chi connectivity index (χ1n) is 6.15. The van der Waals surface area contributed by atoms with Gasteiger partial charge in [0.05, 0.1) is 11.4 Å². The molecule has 0 aliphatic rings. The first kappa shape index (κ1) is 15.4. The van der Waals surface area contributed by atoms with E-state index in [0.717, 1.165) is 11.1 Å². The van der Waals surface area contributed by atoms with E-state index in [1.807, 2.05) is 26.0 Å². The molecule has 0 aliphatic heterocycles. The number of aromatic nitrogens is 1. The molecule has 110 valence electrons. The fraction of sp³-hybridized carbons (Fsp3) is 0.143. The number of aryl methyl sites for hydroxylation is 2. The molecule has 1 heterocycles. The zero-order chi connectivity index (χ0) is 15.6. The van der Waals surface area contributed by atoms with Crippen molar-refractivity contribution in [2.24, 2.45) is 5.73 Å². The molecule has 0 unspecified atom stereocenters. The molecule has 0 fully saturated rings. The van der Waals surface area contributed by atoms with Gasteiger partial charge in [-0.25, -0.2) is 8.42 Å². The van der Waals surface area contributed by atoms with Crippen molar-refractivity contribution in [2.75, 3.05) is 4.72 Å². The molecule has 0 bridgehead atoms. The van der Waals surface area contributed by atoms with Gasteiger partial charge >= 0.3 is 0 Å². The van der Waals surface area contributed by atoms with E-state index in [1.54, 1.807) is 6.07 Å². The van der Waals surface area contributed by atoms with Crippen molar-refractivity contribution in [3.63, 3.8) is 0 Å². The minimum absolute atomic E-state index is 0.0587. The number of rotatable bonds is 4. The van der Waals surface area contributed by atoms with Crippen LogP contribution < -0.4 is 10.5 Å². The van der Waals surface area contributed by atoms with Crippen molar-refractivity contribution >= 4 is 32.9 Å². The Labute approximate surface area is 129 Å². The van der Waals surface area contributed by atoms with Gasteiger partial charge in [-0.15, -0.1) is 0 Å². The lowest BCUT2D eigenvalue weighted by atomic mass is 10.1. The lowest BCUT2D eigenvalue weighted by Crippen LogP contribution is -2.16. The van der Waals surface area contributed by atoms with Crippen LogP contribution in [0.25, 0.3) is 0 Å². The van der Waals surface area contributed by atoms with Crippen molar-refractivity contribution in [1.82, 2.24) is 4.98 Å². The number of anilines is 1. The molecule has 0 atom stereocenters. The third kappa shape index (κ3) is 3.56.